The number of aromatic nitrogens is 8. The summed E-state index contributed by atoms with van der Waals surface area (Å²) < 4.78 is 52.7. The molecule has 0 atom stereocenters. The average molecular weight is 1880 g/mol. The molecule has 7 heterocycles. The lowest BCUT2D eigenvalue weighted by Gasteiger charge is -2.26. The molecule has 28 nitrogen and oxygen atoms in total. The molecule has 0 bridgehead atoms. The van der Waals surface area contributed by atoms with E-state index in [-0.39, 0.29) is 47.4 Å². The molecule has 0 radical (unpaired) electrons. The number of aliphatic hydroxyl groups is 1. The lowest BCUT2D eigenvalue weighted by atomic mass is 10.1. The van der Waals surface area contributed by atoms with Crippen LogP contribution in [0.2, 0.25) is 0 Å². The van der Waals surface area contributed by atoms with Gasteiger partial charge in [-0.15, -0.1) is 0 Å². The van der Waals surface area contributed by atoms with Crippen LogP contribution in [0.3, 0.4) is 0 Å². The number of anilines is 2. The lowest BCUT2D eigenvalue weighted by Crippen LogP contribution is -3.00. The number of imidazole rings is 4. The summed E-state index contributed by atoms with van der Waals surface area (Å²) in [5.41, 5.74) is 21.6. The fraction of sp³-hybridized carbons (Fsp3) is 0.303. The number of nitrogen functional groups attached to an aromatic ring is 1. The third-order valence-electron chi connectivity index (χ3n) is 19.2. The maximum atomic E-state index is 12.5. The number of carbonyl (C=O) groups is 4. The number of alkyl halides is 1. The number of nitrogens with one attached hydrogen (secondary N) is 7. The number of rotatable bonds is 27. The fourth-order valence-electron chi connectivity index (χ4n) is 12.4. The lowest BCUT2D eigenvalue weighted by molar-refractivity contribution is -0.396. The van der Waals surface area contributed by atoms with Gasteiger partial charge in [-0.3, -0.25) is 19.5 Å². The van der Waals surface area contributed by atoms with Crippen molar-refractivity contribution in [3.8, 4) is 23.0 Å². The number of ether oxygens (including phenoxy) is 10. The molecule has 3 fully saturated rings. The number of carbonyl (C=O) groups excluding carboxylic acids is 4. The van der Waals surface area contributed by atoms with E-state index in [2.05, 4.69) is 80.6 Å². The molecule has 650 valence electrons. The first-order valence-corrected chi connectivity index (χ1v) is 43.9. The van der Waals surface area contributed by atoms with Crippen LogP contribution in [0.1, 0.15) is 63.7 Å². The Morgan fingerprint density at radius 3 is 1.33 bits per heavy atom. The third kappa shape index (κ3) is 30.3. The summed E-state index contributed by atoms with van der Waals surface area (Å²) >= 11 is 13.2. The Bertz CT molecular complexity index is 5510. The van der Waals surface area contributed by atoms with Gasteiger partial charge in [0.2, 0.25) is 0 Å². The topological polar surface area (TPSA) is 347 Å². The molecule has 3 aliphatic heterocycles. The van der Waals surface area contributed by atoms with E-state index < -0.39 is 0 Å². The molecule has 1 amide bonds. The highest BCUT2D eigenvalue weighted by Crippen LogP contribution is 2.30. The van der Waals surface area contributed by atoms with Gasteiger partial charge in [-0.1, -0.05) is 100 Å². The van der Waals surface area contributed by atoms with Gasteiger partial charge in [-0.05, 0) is 155 Å². The van der Waals surface area contributed by atoms with Crippen LogP contribution in [-0.4, -0.2) is 232 Å². The first-order valence-electron chi connectivity index (χ1n) is 39.4. The summed E-state index contributed by atoms with van der Waals surface area (Å²) in [7, 11) is 7.44. The molecule has 13 aromatic rings. The Labute approximate surface area is 750 Å². The predicted octanol–water partition coefficient (Wildman–Crippen LogP) is 11.7. The Morgan fingerprint density at radius 2 is 0.886 bits per heavy atom. The van der Waals surface area contributed by atoms with E-state index >= 15 is 0 Å². The molecule has 123 heavy (non-hydrogen) atoms. The maximum absolute atomic E-state index is 12.5. The summed E-state index contributed by atoms with van der Waals surface area (Å²) in [4.78, 5) is 82.1. The van der Waals surface area contributed by atoms with E-state index in [9.17, 15) is 19.2 Å². The molecule has 0 spiro atoms. The number of esters is 3. The molecule has 34 heteroatoms. The number of benzene rings is 9. The number of hydrogen-bond acceptors (Lipinski definition) is 25. The van der Waals surface area contributed by atoms with Gasteiger partial charge in [0.25, 0.3) is 5.91 Å². The minimum absolute atomic E-state index is 0. The second kappa shape index (κ2) is 50.5. The number of hydrogen-bond donors (Lipinski definition) is 8. The van der Waals surface area contributed by atoms with Crippen molar-refractivity contribution in [2.75, 3.05) is 165 Å². The molecular weight excluding hydrogens is 1780 g/mol. The third-order valence-corrected chi connectivity index (χ3v) is 22.9. The summed E-state index contributed by atoms with van der Waals surface area (Å²) in [6.07, 6.45) is 0. The first kappa shape index (κ1) is 94.9. The van der Waals surface area contributed by atoms with Crippen LogP contribution < -0.4 is 52.0 Å². The van der Waals surface area contributed by atoms with Crippen molar-refractivity contribution in [3.05, 3.63) is 243 Å². The quantitative estimate of drug-likeness (QED) is 0.00592. The SMILES string of the molecule is COC(=O)c1ccc(CBr)cc1.COC(=O)c1ccc(CSc2[nH]c3cc(OC)ccc3[nH+]2)cc1.COC(=O)c1ccc(CSc2nc3ccc(OCCN4CCOCC4)cc3[nH]2)cc1.COc1ccc2[nH]c(=S)[nH]c2c1.Nc1ccccc1NC(=O)c1ccc(CSc2nc3ccc(OCCN4CCOCC4)cc3[nH]2)cc1.OCCN1CCOCC1.[Br-]. The van der Waals surface area contributed by atoms with Gasteiger partial charge < -0.3 is 100 Å². The van der Waals surface area contributed by atoms with Gasteiger partial charge >= 0.3 is 23.1 Å². The van der Waals surface area contributed by atoms with Gasteiger partial charge in [0, 0.05) is 111 Å². The minimum Gasteiger partial charge on any atom is -1.00 e. The second-order valence-corrected chi connectivity index (χ2v) is 31.4. The van der Waals surface area contributed by atoms with E-state index in [0.29, 0.717) is 51.6 Å². The summed E-state index contributed by atoms with van der Waals surface area (Å²) in [6, 6.07) is 60.4. The fourth-order valence-corrected chi connectivity index (χ4v) is 15.5. The van der Waals surface area contributed by atoms with Crippen molar-refractivity contribution in [1.29, 1.82) is 0 Å². The van der Waals surface area contributed by atoms with Gasteiger partial charge in [-0.25, -0.2) is 34.3 Å². The van der Waals surface area contributed by atoms with Crippen LogP contribution in [0.4, 0.5) is 11.4 Å². The van der Waals surface area contributed by atoms with E-state index in [1.165, 1.54) is 21.3 Å². The zero-order chi connectivity index (χ0) is 85.8. The molecular formula is C89H101Br2N13O15S4. The van der Waals surface area contributed by atoms with Crippen LogP contribution in [0.15, 0.2) is 210 Å². The molecule has 16 rings (SSSR count). The Hall–Kier alpha value is -10.3. The van der Waals surface area contributed by atoms with Crippen LogP contribution in [-0.2, 0) is 51.0 Å². The van der Waals surface area contributed by atoms with Gasteiger partial charge in [0.15, 0.2) is 26.1 Å². The predicted molar refractivity (Wildman–Crippen MR) is 483 cm³/mol. The number of halogens is 2. The number of aliphatic hydroxyl groups excluding tert-OH is 1. The van der Waals surface area contributed by atoms with Crippen molar-refractivity contribution < 1.29 is 93.6 Å². The number of thioether (sulfide) groups is 3. The number of β-amino-alcohol motifs (C(OH)–C–C–N with tert-alkyl or cyclic N) is 1. The number of fused-ring (bicyclic) bond motifs is 4. The Balaban J connectivity index is 0.000000164. The largest absolute Gasteiger partial charge is 1.00 e. The molecule has 3 saturated heterocycles. The molecule has 9 aromatic carbocycles. The van der Waals surface area contributed by atoms with Crippen molar-refractivity contribution in [3.63, 3.8) is 0 Å². The zero-order valence-corrected chi connectivity index (χ0v) is 75.3. The van der Waals surface area contributed by atoms with Crippen molar-refractivity contribution in [2.24, 2.45) is 0 Å². The standard InChI is InChI=1S/C27H29N5O3S.C22H25N3O4S.C17H16N2O3S.C9H9BrO2.C8H8N2OS.C6H13NO2.BrH/c28-22-3-1-2-4-23(22)29-26(33)20-7-5-19(6-8-20)18-36-27-30-24-10-9-21(17-25(24)31-27)35-16-13-32-11-14-34-15-12-32;1-27-21(26)17-4-2-16(3-5-17)15-30-22-23-19-7-6-18(14-20(19)24-22)29-13-10-25-8-11-28-12-9-25;1-21-13-7-8-14-15(9-13)19-17(18-14)23-10-11-3-5-12(6-4-11)16(20)22-2;1-12-9(11)8-4-2-7(6-10)3-5-8;1-11-5-2-3-6-7(4-5)10-8(12)9-6;8-4-1-7-2-5-9-6-3-7;/h1-10,17H,11-16,18,28H2,(H,29,33)(H,30,31);2-7,14H,8-13,15H2,1H3,(H,23,24);3-9H,10H2,1-2H3,(H,18,19);2-5H,6H2,1H3;2-4H,1H3,(H2,9,10,12);8H,1-6H2;1H. The van der Waals surface area contributed by atoms with Gasteiger partial charge in [-0.2, -0.15) is 0 Å². The normalized spacial score (nSPS) is 13.3. The van der Waals surface area contributed by atoms with Crippen molar-refractivity contribution in [2.45, 2.75) is 38.1 Å². The highest BCUT2D eigenvalue weighted by Gasteiger charge is 2.18. The number of morpholine rings is 3. The number of nitrogens with zero attached hydrogens (tertiary/aromatic N) is 5. The van der Waals surface area contributed by atoms with E-state index in [4.69, 9.17) is 65.7 Å². The monoisotopic (exact) mass is 1880 g/mol. The van der Waals surface area contributed by atoms with Crippen LogP contribution >= 0.6 is 63.4 Å². The van der Waals surface area contributed by atoms with Crippen LogP contribution in [0.25, 0.3) is 44.1 Å². The highest BCUT2D eigenvalue weighted by atomic mass is 79.9. The highest BCUT2D eigenvalue weighted by molar-refractivity contribution is 9.08. The average Bonchev–Trinajstić information content (AvgIpc) is 1.69. The smallest absolute Gasteiger partial charge is 0.337 e. The van der Waals surface area contributed by atoms with E-state index in [1.54, 1.807) is 98.0 Å². The molecule has 0 unspecified atom stereocenters. The molecule has 0 aliphatic carbocycles. The second-order valence-electron chi connectivity index (χ2n) is 27.5. The number of amides is 1. The summed E-state index contributed by atoms with van der Waals surface area (Å²) in [6.45, 7) is 14.8. The maximum Gasteiger partial charge on any atom is 0.337 e. The molecule has 4 aromatic heterocycles. The Morgan fingerprint density at radius 1 is 0.480 bits per heavy atom. The van der Waals surface area contributed by atoms with Crippen LogP contribution in [0, 0.1) is 4.77 Å². The first-order chi connectivity index (χ1) is 59.5. The van der Waals surface area contributed by atoms with Gasteiger partial charge in [0.1, 0.15) is 36.2 Å². The number of nitrogens with two attached hydrogens (primary N) is 1. The number of para-hydroxylation sites is 2. The Kier molecular flexibility index (Phi) is 38.9. The summed E-state index contributed by atoms with van der Waals surface area (Å²) in [5.74, 6) is 4.48. The molecule has 10 N–H and O–H groups in total. The summed E-state index contributed by atoms with van der Waals surface area (Å²) in [5, 5.41) is 14.9. The van der Waals surface area contributed by atoms with Crippen molar-refractivity contribution in [1.82, 2.24) is 49.6 Å². The van der Waals surface area contributed by atoms with E-state index in [1.807, 2.05) is 146 Å². The molecule has 0 saturated carbocycles. The number of aromatic amines is 6. The minimum atomic E-state index is -0.325. The molecule has 3 aliphatic rings. The van der Waals surface area contributed by atoms with Crippen LogP contribution in [0.5, 0.6) is 23.0 Å². The van der Waals surface area contributed by atoms with Crippen molar-refractivity contribution >= 4 is 143 Å². The van der Waals surface area contributed by atoms with E-state index in [0.717, 1.165) is 226 Å². The zero-order valence-electron chi connectivity index (χ0n) is 68.9. The number of H-pyrrole nitrogens is 6. The van der Waals surface area contributed by atoms with Gasteiger partial charge in [0.05, 0.1) is 143 Å². The number of methoxy groups -OCH3 is 5.